The van der Waals surface area contributed by atoms with Crippen LogP contribution in [0.4, 0.5) is 0 Å². The Bertz CT molecular complexity index is 569. The van der Waals surface area contributed by atoms with Crippen LogP contribution in [-0.2, 0) is 4.79 Å². The van der Waals surface area contributed by atoms with Crippen LogP contribution >= 0.6 is 0 Å². The van der Waals surface area contributed by atoms with Crippen molar-refractivity contribution in [2.45, 2.75) is 32.7 Å². The molecule has 1 aromatic rings. The van der Waals surface area contributed by atoms with Gasteiger partial charge in [0.25, 0.3) is 5.91 Å². The Morgan fingerprint density at radius 2 is 2.09 bits per heavy atom. The van der Waals surface area contributed by atoms with E-state index in [4.69, 9.17) is 4.74 Å². The molecule has 5 nitrogen and oxygen atoms in total. The predicted octanol–water partition coefficient (Wildman–Crippen LogP) is 2.41. The molecule has 1 saturated heterocycles. The van der Waals surface area contributed by atoms with Gasteiger partial charge in [0.1, 0.15) is 11.8 Å². The summed E-state index contributed by atoms with van der Waals surface area (Å²) in [5, 5.41) is 0. The highest BCUT2D eigenvalue weighted by molar-refractivity contribution is 5.98. The van der Waals surface area contributed by atoms with Crippen LogP contribution in [0.15, 0.2) is 24.3 Å². The second kappa shape index (κ2) is 7.49. The molecule has 1 aliphatic heterocycles. The number of amides is 2. The smallest absolute Gasteiger partial charge is 0.254 e. The SMILES string of the molecule is CC(C)COc1cccc(C(=O)N2CCCC2C(=O)N(C)C)c1. The summed E-state index contributed by atoms with van der Waals surface area (Å²) in [6.07, 6.45) is 1.59. The summed E-state index contributed by atoms with van der Waals surface area (Å²) in [6, 6.07) is 6.87. The molecule has 2 rings (SSSR count). The van der Waals surface area contributed by atoms with Crippen LogP contribution < -0.4 is 4.74 Å². The molecular formula is C18H26N2O3. The summed E-state index contributed by atoms with van der Waals surface area (Å²) in [4.78, 5) is 28.3. The second-order valence-corrected chi connectivity index (χ2v) is 6.62. The first kappa shape index (κ1) is 17.3. The number of benzene rings is 1. The Hall–Kier alpha value is -2.04. The van der Waals surface area contributed by atoms with E-state index in [1.54, 1.807) is 36.0 Å². The molecule has 0 bridgehead atoms. The number of hydrogen-bond acceptors (Lipinski definition) is 3. The molecule has 0 saturated carbocycles. The molecule has 1 atom stereocenters. The van der Waals surface area contributed by atoms with E-state index >= 15 is 0 Å². The summed E-state index contributed by atoms with van der Waals surface area (Å²) < 4.78 is 5.69. The zero-order chi connectivity index (χ0) is 17.0. The van der Waals surface area contributed by atoms with Crippen molar-refractivity contribution in [1.82, 2.24) is 9.80 Å². The Kier molecular flexibility index (Phi) is 5.64. The maximum Gasteiger partial charge on any atom is 0.254 e. The standard InChI is InChI=1S/C18H26N2O3/c1-13(2)12-23-15-8-5-7-14(11-15)17(21)20-10-6-9-16(20)18(22)19(3)4/h5,7-8,11,13,16H,6,9-10,12H2,1-4H3. The lowest BCUT2D eigenvalue weighted by Gasteiger charge is -2.26. The lowest BCUT2D eigenvalue weighted by atomic mass is 10.1. The summed E-state index contributed by atoms with van der Waals surface area (Å²) in [5.41, 5.74) is 0.574. The van der Waals surface area contributed by atoms with Gasteiger partial charge in [-0.1, -0.05) is 19.9 Å². The van der Waals surface area contributed by atoms with E-state index in [0.29, 0.717) is 30.4 Å². The van der Waals surface area contributed by atoms with Gasteiger partial charge in [0, 0.05) is 26.2 Å². The topological polar surface area (TPSA) is 49.9 Å². The van der Waals surface area contributed by atoms with Crippen molar-refractivity contribution in [2.24, 2.45) is 5.92 Å². The van der Waals surface area contributed by atoms with Crippen LogP contribution in [0.5, 0.6) is 5.75 Å². The van der Waals surface area contributed by atoms with Gasteiger partial charge in [-0.15, -0.1) is 0 Å². The lowest BCUT2D eigenvalue weighted by molar-refractivity contribution is -0.132. The van der Waals surface area contributed by atoms with Crippen molar-refractivity contribution in [2.75, 3.05) is 27.2 Å². The fraction of sp³-hybridized carbons (Fsp3) is 0.556. The highest BCUT2D eigenvalue weighted by Gasteiger charge is 2.35. The molecule has 1 unspecified atom stereocenters. The third-order valence-corrected chi connectivity index (χ3v) is 3.90. The average Bonchev–Trinajstić information content (AvgIpc) is 3.01. The molecular weight excluding hydrogens is 292 g/mol. The van der Waals surface area contributed by atoms with Crippen LogP contribution in [0, 0.1) is 5.92 Å². The Balaban J connectivity index is 2.13. The third-order valence-electron chi connectivity index (χ3n) is 3.90. The van der Waals surface area contributed by atoms with Crippen LogP contribution in [0.1, 0.15) is 37.0 Å². The Labute approximate surface area is 138 Å². The van der Waals surface area contributed by atoms with Gasteiger partial charge >= 0.3 is 0 Å². The van der Waals surface area contributed by atoms with E-state index in [0.717, 1.165) is 12.8 Å². The lowest BCUT2D eigenvalue weighted by Crippen LogP contribution is -2.45. The first-order chi connectivity index (χ1) is 10.9. The largest absolute Gasteiger partial charge is 0.493 e. The van der Waals surface area contributed by atoms with Crippen molar-refractivity contribution >= 4 is 11.8 Å². The van der Waals surface area contributed by atoms with E-state index in [1.807, 2.05) is 12.1 Å². The number of likely N-dealkylation sites (N-methyl/N-ethyl adjacent to an activating group) is 1. The summed E-state index contributed by atoms with van der Waals surface area (Å²) in [7, 11) is 3.45. The normalized spacial score (nSPS) is 17.4. The van der Waals surface area contributed by atoms with E-state index in [9.17, 15) is 9.59 Å². The third kappa shape index (κ3) is 4.24. The maximum absolute atomic E-state index is 12.8. The second-order valence-electron chi connectivity index (χ2n) is 6.62. The molecule has 0 radical (unpaired) electrons. The van der Waals surface area contributed by atoms with Gasteiger partial charge in [-0.25, -0.2) is 0 Å². The Morgan fingerprint density at radius 1 is 1.35 bits per heavy atom. The first-order valence-corrected chi connectivity index (χ1v) is 8.15. The van der Waals surface area contributed by atoms with Crippen molar-refractivity contribution < 1.29 is 14.3 Å². The predicted molar refractivity (Wildman–Crippen MR) is 89.5 cm³/mol. The molecule has 1 aromatic carbocycles. The van der Waals surface area contributed by atoms with E-state index in [2.05, 4.69) is 13.8 Å². The molecule has 0 aromatic heterocycles. The minimum absolute atomic E-state index is 0.0111. The van der Waals surface area contributed by atoms with Crippen LogP contribution in [-0.4, -0.2) is 54.9 Å². The zero-order valence-electron chi connectivity index (χ0n) is 14.4. The van der Waals surface area contributed by atoms with Gasteiger partial charge < -0.3 is 14.5 Å². The first-order valence-electron chi connectivity index (χ1n) is 8.15. The molecule has 1 aliphatic rings. The number of ether oxygens (including phenoxy) is 1. The molecule has 0 aliphatic carbocycles. The molecule has 0 N–H and O–H groups in total. The van der Waals surface area contributed by atoms with E-state index in [-0.39, 0.29) is 17.9 Å². The zero-order valence-corrected chi connectivity index (χ0v) is 14.4. The van der Waals surface area contributed by atoms with Crippen LogP contribution in [0.3, 0.4) is 0 Å². The van der Waals surface area contributed by atoms with Crippen LogP contribution in [0.25, 0.3) is 0 Å². The van der Waals surface area contributed by atoms with Gasteiger partial charge in [-0.05, 0) is 37.0 Å². The molecule has 5 heteroatoms. The maximum atomic E-state index is 12.8. The van der Waals surface area contributed by atoms with Crippen LogP contribution in [0.2, 0.25) is 0 Å². The summed E-state index contributed by atoms with van der Waals surface area (Å²) in [5.74, 6) is 1.01. The number of nitrogens with zero attached hydrogens (tertiary/aromatic N) is 2. The number of hydrogen-bond donors (Lipinski definition) is 0. The fourth-order valence-electron chi connectivity index (χ4n) is 2.71. The van der Waals surface area contributed by atoms with Gasteiger partial charge in [0.2, 0.25) is 5.91 Å². The van der Waals surface area contributed by atoms with E-state index in [1.165, 1.54) is 0 Å². The average molecular weight is 318 g/mol. The monoisotopic (exact) mass is 318 g/mol. The highest BCUT2D eigenvalue weighted by Crippen LogP contribution is 2.23. The number of carbonyl (C=O) groups is 2. The van der Waals surface area contributed by atoms with Gasteiger partial charge in [-0.3, -0.25) is 9.59 Å². The fourth-order valence-corrected chi connectivity index (χ4v) is 2.71. The molecule has 2 amide bonds. The molecule has 1 fully saturated rings. The molecule has 0 spiro atoms. The molecule has 126 valence electrons. The van der Waals surface area contributed by atoms with Gasteiger partial charge in [0.15, 0.2) is 0 Å². The minimum Gasteiger partial charge on any atom is -0.493 e. The van der Waals surface area contributed by atoms with Gasteiger partial charge in [0.05, 0.1) is 6.61 Å². The minimum atomic E-state index is -0.349. The quantitative estimate of drug-likeness (QED) is 0.838. The van der Waals surface area contributed by atoms with Crippen molar-refractivity contribution in [1.29, 1.82) is 0 Å². The number of rotatable bonds is 5. The Morgan fingerprint density at radius 3 is 2.74 bits per heavy atom. The molecule has 23 heavy (non-hydrogen) atoms. The summed E-state index contributed by atoms with van der Waals surface area (Å²) >= 11 is 0. The highest BCUT2D eigenvalue weighted by atomic mass is 16.5. The summed E-state index contributed by atoms with van der Waals surface area (Å²) in [6.45, 7) is 5.40. The molecule has 1 heterocycles. The van der Waals surface area contributed by atoms with Crippen molar-refractivity contribution in [3.63, 3.8) is 0 Å². The number of carbonyl (C=O) groups excluding carboxylic acids is 2. The van der Waals surface area contributed by atoms with Gasteiger partial charge in [-0.2, -0.15) is 0 Å². The number of likely N-dealkylation sites (tertiary alicyclic amines) is 1. The van der Waals surface area contributed by atoms with Crippen molar-refractivity contribution in [3.8, 4) is 5.75 Å². The van der Waals surface area contributed by atoms with Crippen molar-refractivity contribution in [3.05, 3.63) is 29.8 Å². The van der Waals surface area contributed by atoms with E-state index < -0.39 is 0 Å².